The summed E-state index contributed by atoms with van der Waals surface area (Å²) in [6, 6.07) is 15.7. The number of aromatic amines is 1. The van der Waals surface area contributed by atoms with Gasteiger partial charge in [-0.05, 0) is 29.3 Å². The average Bonchev–Trinajstić information content (AvgIpc) is 3.40. The van der Waals surface area contributed by atoms with E-state index in [9.17, 15) is 9.90 Å². The first-order valence-corrected chi connectivity index (χ1v) is 11.5. The molecule has 1 amide bonds. The molecule has 170 valence electrons. The van der Waals surface area contributed by atoms with E-state index in [1.165, 1.54) is 10.9 Å². The Morgan fingerprint density at radius 1 is 1.18 bits per heavy atom. The number of hydrogen-bond donors (Lipinski definition) is 3. The van der Waals surface area contributed by atoms with Gasteiger partial charge in [-0.25, -0.2) is 0 Å². The van der Waals surface area contributed by atoms with Gasteiger partial charge in [0.2, 0.25) is 0 Å². The lowest BCUT2D eigenvalue weighted by Gasteiger charge is -2.27. The van der Waals surface area contributed by atoms with E-state index < -0.39 is 0 Å². The minimum Gasteiger partial charge on any atom is -0.394 e. The summed E-state index contributed by atoms with van der Waals surface area (Å²) in [5.74, 6) is -0.202. The Morgan fingerprint density at radius 3 is 2.82 bits per heavy atom. The van der Waals surface area contributed by atoms with Gasteiger partial charge in [0.1, 0.15) is 0 Å². The first-order valence-electron chi connectivity index (χ1n) is 11.1. The van der Waals surface area contributed by atoms with Crippen molar-refractivity contribution in [3.8, 4) is 0 Å². The van der Waals surface area contributed by atoms with E-state index in [2.05, 4.69) is 44.7 Å². The molecule has 3 N–H and O–H groups in total. The molecule has 33 heavy (non-hydrogen) atoms. The smallest absolute Gasteiger partial charge is 0.272 e. The highest BCUT2D eigenvalue weighted by Crippen LogP contribution is 2.26. The molecule has 0 saturated carbocycles. The largest absolute Gasteiger partial charge is 0.394 e. The second kappa shape index (κ2) is 9.39. The standard InChI is InChI=1S/C25H26ClN5O2/c26-19-7-5-17(6-8-19)13-28-25(33)24-21-16-30(10-9-23(21)31(29-24)11-12-32)15-18-14-27-22-4-2-1-3-20(18)22/h1-8,14,27,32H,9-13,15-16H2,(H,28,33). The first kappa shape index (κ1) is 21.7. The maximum absolute atomic E-state index is 13.1. The highest BCUT2D eigenvalue weighted by atomic mass is 35.5. The van der Waals surface area contributed by atoms with Crippen molar-refractivity contribution in [2.75, 3.05) is 13.2 Å². The van der Waals surface area contributed by atoms with Crippen LogP contribution in [-0.4, -0.2) is 43.8 Å². The Hall–Kier alpha value is -3.13. The Morgan fingerprint density at radius 2 is 2.00 bits per heavy atom. The number of rotatable bonds is 7. The van der Waals surface area contributed by atoms with Gasteiger partial charge in [0.25, 0.3) is 5.91 Å². The van der Waals surface area contributed by atoms with Crippen LogP contribution in [0.5, 0.6) is 0 Å². The number of halogens is 1. The van der Waals surface area contributed by atoms with Crippen molar-refractivity contribution < 1.29 is 9.90 Å². The molecule has 1 aliphatic rings. The highest BCUT2D eigenvalue weighted by Gasteiger charge is 2.28. The van der Waals surface area contributed by atoms with Crippen molar-refractivity contribution in [3.63, 3.8) is 0 Å². The van der Waals surface area contributed by atoms with Gasteiger partial charge in [-0.1, -0.05) is 41.9 Å². The van der Waals surface area contributed by atoms with E-state index >= 15 is 0 Å². The van der Waals surface area contributed by atoms with Crippen LogP contribution < -0.4 is 5.32 Å². The van der Waals surface area contributed by atoms with Crippen LogP contribution in [-0.2, 0) is 32.6 Å². The predicted octanol–water partition coefficient (Wildman–Crippen LogP) is 3.50. The molecule has 2 aromatic heterocycles. The van der Waals surface area contributed by atoms with Gasteiger partial charge in [0.15, 0.2) is 5.69 Å². The zero-order chi connectivity index (χ0) is 22.8. The zero-order valence-corrected chi connectivity index (χ0v) is 19.0. The van der Waals surface area contributed by atoms with E-state index in [-0.39, 0.29) is 12.5 Å². The third-order valence-electron chi connectivity index (χ3n) is 6.18. The zero-order valence-electron chi connectivity index (χ0n) is 18.2. The number of amides is 1. The van der Waals surface area contributed by atoms with Crippen molar-refractivity contribution in [2.24, 2.45) is 0 Å². The number of benzene rings is 2. The molecule has 0 fully saturated rings. The average molecular weight is 464 g/mol. The summed E-state index contributed by atoms with van der Waals surface area (Å²) in [6.45, 7) is 3.07. The number of nitrogens with zero attached hydrogens (tertiary/aromatic N) is 3. The van der Waals surface area contributed by atoms with Crippen LogP contribution in [0.1, 0.15) is 32.9 Å². The number of aromatic nitrogens is 3. The molecule has 5 rings (SSSR count). The number of fused-ring (bicyclic) bond motifs is 2. The summed E-state index contributed by atoms with van der Waals surface area (Å²) in [5, 5.41) is 18.9. The van der Waals surface area contributed by atoms with E-state index in [1.807, 2.05) is 30.3 Å². The normalized spacial score (nSPS) is 13.9. The Kier molecular flexibility index (Phi) is 6.17. The molecular formula is C25H26ClN5O2. The lowest BCUT2D eigenvalue weighted by Crippen LogP contribution is -2.32. The van der Waals surface area contributed by atoms with E-state index in [1.54, 1.807) is 4.68 Å². The van der Waals surface area contributed by atoms with Crippen LogP contribution in [0.2, 0.25) is 5.02 Å². The molecule has 3 heterocycles. The highest BCUT2D eigenvalue weighted by molar-refractivity contribution is 6.30. The molecule has 1 aliphatic heterocycles. The topological polar surface area (TPSA) is 86.2 Å². The van der Waals surface area contributed by atoms with E-state index in [4.69, 9.17) is 11.6 Å². The number of carbonyl (C=O) groups excluding carboxylic acids is 1. The maximum atomic E-state index is 13.1. The predicted molar refractivity (Wildman–Crippen MR) is 128 cm³/mol. The number of nitrogens with one attached hydrogen (secondary N) is 2. The van der Waals surface area contributed by atoms with Gasteiger partial charge in [-0.2, -0.15) is 5.10 Å². The summed E-state index contributed by atoms with van der Waals surface area (Å²) in [5.41, 5.74) is 5.76. The van der Waals surface area contributed by atoms with Gasteiger partial charge in [-0.3, -0.25) is 14.4 Å². The number of para-hydroxylation sites is 1. The summed E-state index contributed by atoms with van der Waals surface area (Å²) in [6.07, 6.45) is 2.85. The number of carbonyl (C=O) groups is 1. The SMILES string of the molecule is O=C(NCc1ccc(Cl)cc1)c1nn(CCO)c2c1CN(Cc1c[nH]c3ccccc13)CC2. The van der Waals surface area contributed by atoms with Gasteiger partial charge in [-0.15, -0.1) is 0 Å². The van der Waals surface area contributed by atoms with E-state index in [0.717, 1.165) is 41.8 Å². The summed E-state index contributed by atoms with van der Waals surface area (Å²) < 4.78 is 1.79. The summed E-state index contributed by atoms with van der Waals surface area (Å²) in [7, 11) is 0. The molecule has 4 aromatic rings. The number of aliphatic hydroxyl groups excluding tert-OH is 1. The van der Waals surface area contributed by atoms with Crippen LogP contribution in [0.4, 0.5) is 0 Å². The molecule has 7 nitrogen and oxygen atoms in total. The third-order valence-corrected chi connectivity index (χ3v) is 6.43. The molecule has 0 atom stereocenters. The van der Waals surface area contributed by atoms with E-state index in [0.29, 0.717) is 30.4 Å². The molecule has 0 aliphatic carbocycles. The molecule has 2 aromatic carbocycles. The molecule has 8 heteroatoms. The van der Waals surface area contributed by atoms with Gasteiger partial charge >= 0.3 is 0 Å². The van der Waals surface area contributed by atoms with Crippen LogP contribution in [0.3, 0.4) is 0 Å². The minimum absolute atomic E-state index is 0.0149. The van der Waals surface area contributed by atoms with Crippen molar-refractivity contribution >= 4 is 28.4 Å². The summed E-state index contributed by atoms with van der Waals surface area (Å²) in [4.78, 5) is 18.8. The second-order valence-electron chi connectivity index (χ2n) is 8.35. The fourth-order valence-electron chi connectivity index (χ4n) is 4.52. The fourth-order valence-corrected chi connectivity index (χ4v) is 4.64. The molecule has 0 radical (unpaired) electrons. The van der Waals surface area contributed by atoms with Crippen molar-refractivity contribution in [3.05, 3.63) is 87.8 Å². The molecule has 0 unspecified atom stereocenters. The quantitative estimate of drug-likeness (QED) is 0.391. The van der Waals surface area contributed by atoms with Crippen LogP contribution in [0.25, 0.3) is 10.9 Å². The maximum Gasteiger partial charge on any atom is 0.272 e. The molecule has 0 saturated heterocycles. The van der Waals surface area contributed by atoms with Crippen molar-refractivity contribution in [1.82, 2.24) is 25.0 Å². The monoisotopic (exact) mass is 463 g/mol. The summed E-state index contributed by atoms with van der Waals surface area (Å²) >= 11 is 5.95. The van der Waals surface area contributed by atoms with Crippen LogP contribution in [0.15, 0.2) is 54.7 Å². The Labute approximate surface area is 197 Å². The fraction of sp³-hybridized carbons (Fsp3) is 0.280. The Balaban J connectivity index is 1.35. The molecular weight excluding hydrogens is 438 g/mol. The van der Waals surface area contributed by atoms with Crippen molar-refractivity contribution in [2.45, 2.75) is 32.6 Å². The van der Waals surface area contributed by atoms with Gasteiger partial charge in [0.05, 0.1) is 13.2 Å². The molecule has 0 bridgehead atoms. The van der Waals surface area contributed by atoms with Crippen LogP contribution in [0, 0.1) is 0 Å². The number of hydrogen-bond acceptors (Lipinski definition) is 4. The minimum atomic E-state index is -0.202. The third kappa shape index (κ3) is 4.53. The van der Waals surface area contributed by atoms with Gasteiger partial charge < -0.3 is 15.4 Å². The number of H-pyrrole nitrogens is 1. The van der Waals surface area contributed by atoms with Crippen LogP contribution >= 0.6 is 11.6 Å². The second-order valence-corrected chi connectivity index (χ2v) is 8.79. The lowest BCUT2D eigenvalue weighted by atomic mass is 10.0. The first-order chi connectivity index (χ1) is 16.1. The molecule has 0 spiro atoms. The van der Waals surface area contributed by atoms with Gasteiger partial charge in [0, 0.05) is 66.0 Å². The number of aliphatic hydroxyl groups is 1. The van der Waals surface area contributed by atoms with Crippen molar-refractivity contribution in [1.29, 1.82) is 0 Å². The lowest BCUT2D eigenvalue weighted by molar-refractivity contribution is 0.0942. The Bertz CT molecular complexity index is 1280.